The van der Waals surface area contributed by atoms with Crippen molar-refractivity contribution in [3.8, 4) is 6.07 Å². The summed E-state index contributed by atoms with van der Waals surface area (Å²) in [6.45, 7) is 11.4. The Bertz CT molecular complexity index is 160. The van der Waals surface area contributed by atoms with Gasteiger partial charge in [0.15, 0.2) is 0 Å². The highest BCUT2D eigenvalue weighted by Crippen LogP contribution is 2.18. The van der Waals surface area contributed by atoms with Gasteiger partial charge in [0, 0.05) is 0 Å². The van der Waals surface area contributed by atoms with Crippen LogP contribution in [0.2, 0.25) is 0 Å². The van der Waals surface area contributed by atoms with Gasteiger partial charge in [-0.05, 0) is 17.9 Å². The highest BCUT2D eigenvalue weighted by Gasteiger charge is 2.23. The van der Waals surface area contributed by atoms with E-state index in [0.717, 1.165) is 6.54 Å². The molecule has 70 valence electrons. The number of nitrogens with zero attached hydrogens (tertiary/aromatic N) is 1. The quantitative estimate of drug-likeness (QED) is 0.701. The van der Waals surface area contributed by atoms with Crippen LogP contribution in [0.3, 0.4) is 0 Å². The van der Waals surface area contributed by atoms with Crippen molar-refractivity contribution < 1.29 is 0 Å². The zero-order chi connectivity index (χ0) is 9.78. The Hall–Kier alpha value is -0.550. The van der Waals surface area contributed by atoms with Gasteiger partial charge in [-0.15, -0.1) is 0 Å². The van der Waals surface area contributed by atoms with E-state index in [1.54, 1.807) is 0 Å². The molecule has 0 aromatic rings. The van der Waals surface area contributed by atoms with Crippen LogP contribution in [-0.4, -0.2) is 12.6 Å². The smallest absolute Gasteiger partial charge is 0.100 e. The molecule has 0 bridgehead atoms. The van der Waals surface area contributed by atoms with Crippen LogP contribution in [0.15, 0.2) is 0 Å². The fourth-order valence-electron chi connectivity index (χ4n) is 0.899. The molecular formula is C10H20N2. The van der Waals surface area contributed by atoms with Gasteiger partial charge in [-0.2, -0.15) is 5.26 Å². The van der Waals surface area contributed by atoms with E-state index in [1.165, 1.54) is 0 Å². The molecule has 1 atom stereocenters. The second-order valence-electron chi connectivity index (χ2n) is 4.73. The summed E-state index contributed by atoms with van der Waals surface area (Å²) in [6.07, 6.45) is 0. The Kier molecular flexibility index (Phi) is 4.26. The second kappa shape index (κ2) is 4.47. The van der Waals surface area contributed by atoms with Crippen molar-refractivity contribution in [2.75, 3.05) is 6.54 Å². The van der Waals surface area contributed by atoms with Gasteiger partial charge in [0.25, 0.3) is 0 Å². The highest BCUT2D eigenvalue weighted by molar-refractivity contribution is 4.97. The maximum Gasteiger partial charge on any atom is 0.100 e. The van der Waals surface area contributed by atoms with Gasteiger partial charge in [0.1, 0.15) is 6.04 Å². The lowest BCUT2D eigenvalue weighted by atomic mass is 9.87. The number of nitriles is 1. The van der Waals surface area contributed by atoms with Crippen molar-refractivity contribution in [3.05, 3.63) is 0 Å². The molecule has 0 heterocycles. The first-order valence-electron chi connectivity index (χ1n) is 4.51. The van der Waals surface area contributed by atoms with Crippen molar-refractivity contribution in [2.45, 2.75) is 40.7 Å². The van der Waals surface area contributed by atoms with Crippen molar-refractivity contribution in [1.29, 1.82) is 5.26 Å². The average molecular weight is 168 g/mol. The van der Waals surface area contributed by atoms with Crippen LogP contribution in [0.1, 0.15) is 34.6 Å². The fourth-order valence-corrected chi connectivity index (χ4v) is 0.899. The van der Waals surface area contributed by atoms with Gasteiger partial charge >= 0.3 is 0 Å². The molecule has 0 aliphatic heterocycles. The minimum absolute atomic E-state index is 0.0314. The normalized spacial score (nSPS) is 14.4. The van der Waals surface area contributed by atoms with Gasteiger partial charge in [-0.1, -0.05) is 34.6 Å². The molecule has 0 amide bonds. The molecule has 1 N–H and O–H groups in total. The van der Waals surface area contributed by atoms with E-state index in [1.807, 2.05) is 0 Å². The Labute approximate surface area is 76.0 Å². The van der Waals surface area contributed by atoms with Crippen LogP contribution < -0.4 is 5.32 Å². The summed E-state index contributed by atoms with van der Waals surface area (Å²) in [5, 5.41) is 12.1. The summed E-state index contributed by atoms with van der Waals surface area (Å²) in [7, 11) is 0. The topological polar surface area (TPSA) is 35.8 Å². The summed E-state index contributed by atoms with van der Waals surface area (Å²) in [5.41, 5.74) is 0.0314. The molecule has 0 rings (SSSR count). The monoisotopic (exact) mass is 168 g/mol. The van der Waals surface area contributed by atoms with E-state index >= 15 is 0 Å². The summed E-state index contributed by atoms with van der Waals surface area (Å²) < 4.78 is 0. The summed E-state index contributed by atoms with van der Waals surface area (Å²) in [4.78, 5) is 0. The third-order valence-electron chi connectivity index (χ3n) is 1.73. The van der Waals surface area contributed by atoms with E-state index in [-0.39, 0.29) is 11.5 Å². The zero-order valence-corrected chi connectivity index (χ0v) is 8.81. The van der Waals surface area contributed by atoms with Crippen LogP contribution in [0.4, 0.5) is 0 Å². The molecule has 0 saturated heterocycles. The van der Waals surface area contributed by atoms with Crippen LogP contribution in [0, 0.1) is 22.7 Å². The van der Waals surface area contributed by atoms with Gasteiger partial charge in [0.05, 0.1) is 6.07 Å². The minimum atomic E-state index is -0.0418. The Morgan fingerprint density at radius 3 is 2.08 bits per heavy atom. The third kappa shape index (κ3) is 4.35. The standard InChI is InChI=1S/C10H20N2/c1-8(2)7-12-9(6-11)10(3,4)5/h8-9,12H,7H2,1-5H3. The van der Waals surface area contributed by atoms with Crippen LogP contribution >= 0.6 is 0 Å². The number of nitrogens with one attached hydrogen (secondary N) is 1. The molecule has 0 radical (unpaired) electrons. The van der Waals surface area contributed by atoms with Crippen LogP contribution in [0.5, 0.6) is 0 Å². The molecule has 0 fully saturated rings. The predicted molar refractivity (Wildman–Crippen MR) is 51.7 cm³/mol. The fraction of sp³-hybridized carbons (Fsp3) is 0.900. The largest absolute Gasteiger partial charge is 0.301 e. The molecule has 0 spiro atoms. The Morgan fingerprint density at radius 1 is 1.33 bits per heavy atom. The average Bonchev–Trinajstić information content (AvgIpc) is 1.85. The lowest BCUT2D eigenvalue weighted by Gasteiger charge is -2.26. The molecule has 0 aromatic carbocycles. The number of hydrogen-bond acceptors (Lipinski definition) is 2. The van der Waals surface area contributed by atoms with Crippen LogP contribution in [0.25, 0.3) is 0 Å². The first-order valence-corrected chi connectivity index (χ1v) is 4.51. The van der Waals surface area contributed by atoms with E-state index in [2.05, 4.69) is 46.0 Å². The molecule has 0 aromatic heterocycles. The molecule has 0 aliphatic rings. The SMILES string of the molecule is CC(C)CNC(C#N)C(C)(C)C. The first kappa shape index (κ1) is 11.4. The Morgan fingerprint density at radius 2 is 1.83 bits per heavy atom. The van der Waals surface area contributed by atoms with Gasteiger partial charge in [0.2, 0.25) is 0 Å². The van der Waals surface area contributed by atoms with E-state index in [9.17, 15) is 0 Å². The molecule has 2 nitrogen and oxygen atoms in total. The van der Waals surface area contributed by atoms with Gasteiger partial charge < -0.3 is 5.32 Å². The van der Waals surface area contributed by atoms with Crippen molar-refractivity contribution in [3.63, 3.8) is 0 Å². The third-order valence-corrected chi connectivity index (χ3v) is 1.73. The lowest BCUT2D eigenvalue weighted by molar-refractivity contribution is 0.310. The molecular weight excluding hydrogens is 148 g/mol. The Balaban J connectivity index is 3.96. The highest BCUT2D eigenvalue weighted by atomic mass is 14.9. The van der Waals surface area contributed by atoms with Crippen LogP contribution in [-0.2, 0) is 0 Å². The number of hydrogen-bond donors (Lipinski definition) is 1. The molecule has 12 heavy (non-hydrogen) atoms. The summed E-state index contributed by atoms with van der Waals surface area (Å²) in [5.74, 6) is 0.600. The van der Waals surface area contributed by atoms with Crippen molar-refractivity contribution in [1.82, 2.24) is 5.32 Å². The zero-order valence-electron chi connectivity index (χ0n) is 8.81. The molecule has 2 heteroatoms. The van der Waals surface area contributed by atoms with E-state index < -0.39 is 0 Å². The van der Waals surface area contributed by atoms with Crippen molar-refractivity contribution in [2.24, 2.45) is 11.3 Å². The molecule has 0 aliphatic carbocycles. The molecule has 0 saturated carbocycles. The molecule has 1 unspecified atom stereocenters. The summed E-state index contributed by atoms with van der Waals surface area (Å²) >= 11 is 0. The number of rotatable bonds is 3. The minimum Gasteiger partial charge on any atom is -0.301 e. The lowest BCUT2D eigenvalue weighted by Crippen LogP contribution is -2.40. The second-order valence-corrected chi connectivity index (χ2v) is 4.73. The predicted octanol–water partition coefficient (Wildman–Crippen LogP) is 2.17. The summed E-state index contributed by atoms with van der Waals surface area (Å²) in [6, 6.07) is 2.24. The maximum atomic E-state index is 8.86. The van der Waals surface area contributed by atoms with Gasteiger partial charge in [-0.3, -0.25) is 0 Å². The van der Waals surface area contributed by atoms with E-state index in [0.29, 0.717) is 5.92 Å². The van der Waals surface area contributed by atoms with Gasteiger partial charge in [-0.25, -0.2) is 0 Å². The van der Waals surface area contributed by atoms with E-state index in [4.69, 9.17) is 5.26 Å². The first-order chi connectivity index (χ1) is 5.38. The maximum absolute atomic E-state index is 8.86. The van der Waals surface area contributed by atoms with Crippen molar-refractivity contribution >= 4 is 0 Å².